The molecule has 0 atom stereocenters. The third kappa shape index (κ3) is 9.50. The van der Waals surface area contributed by atoms with E-state index >= 15 is 0 Å². The first kappa shape index (κ1) is 41.2. The summed E-state index contributed by atoms with van der Waals surface area (Å²) in [5.41, 5.74) is 13.3. The van der Waals surface area contributed by atoms with Crippen LogP contribution in [-0.4, -0.2) is 18.0 Å². The van der Waals surface area contributed by atoms with Crippen molar-refractivity contribution in [2.75, 3.05) is 0 Å². The summed E-state index contributed by atoms with van der Waals surface area (Å²) in [6.07, 6.45) is 11.7. The Morgan fingerprint density at radius 3 is 2.17 bits per heavy atom. The average Bonchev–Trinajstić information content (AvgIpc) is 3.89. The minimum atomic E-state index is -1.34. The standard InChI is InChI=1S/C35H28NO.C18H24NSi.Ir/c1-2-10-26(11-3-1)27-12-6-13-28(22-27)29-16-17-30-31-14-7-15-32(35(31)37-34(30)23-29)33-21-25(18-19-36-33)20-24-8-4-5-9-24;1-14(2)11-16-12-17(15-9-7-6-8-10-15)19-13-18(16)20(3,4)5;/h1-3,6-7,10-14,16-19,21-24H,4-5,8-9,20H2;6-9,12-14H,11H2,1-5H3;/q2*-1;. The second-order valence-electron chi connectivity index (χ2n) is 17.1. The van der Waals surface area contributed by atoms with E-state index < -0.39 is 8.07 Å². The van der Waals surface area contributed by atoms with Crippen molar-refractivity contribution < 1.29 is 24.5 Å². The monoisotopic (exact) mass is 953 g/mol. The van der Waals surface area contributed by atoms with Gasteiger partial charge in [-0.15, -0.1) is 54.1 Å². The quantitative estimate of drug-likeness (QED) is 0.107. The summed E-state index contributed by atoms with van der Waals surface area (Å²) in [5, 5.41) is 3.72. The van der Waals surface area contributed by atoms with E-state index in [-0.39, 0.29) is 20.1 Å². The van der Waals surface area contributed by atoms with Crippen molar-refractivity contribution in [3.63, 3.8) is 0 Å². The maximum atomic E-state index is 6.52. The maximum Gasteiger partial charge on any atom is 0.121 e. The van der Waals surface area contributed by atoms with E-state index in [1.807, 2.05) is 30.5 Å². The van der Waals surface area contributed by atoms with Gasteiger partial charge in [-0.25, -0.2) is 0 Å². The second-order valence-corrected chi connectivity index (χ2v) is 22.1. The molecule has 1 aliphatic carbocycles. The Hall–Kier alpha value is -4.93. The molecule has 1 aliphatic rings. The van der Waals surface area contributed by atoms with Gasteiger partial charge in [-0.3, -0.25) is 0 Å². The SMILES string of the molecule is CC(C)Cc1cc(-c2[c-]cccc2)ncc1[Si](C)(C)C.[Ir].[c-]1ccc2c(oc3cc(-c4cccc(-c5ccccc5)c4)ccc32)c1-c1cc(CC2CCCC2)ccn1. The van der Waals surface area contributed by atoms with Gasteiger partial charge in [0, 0.05) is 37.9 Å². The molecular formula is C53H52IrN2OSi-2. The zero-order valence-electron chi connectivity index (χ0n) is 34.3. The van der Waals surface area contributed by atoms with Gasteiger partial charge in [0.1, 0.15) is 5.58 Å². The Balaban J connectivity index is 0.000000208. The predicted molar refractivity (Wildman–Crippen MR) is 242 cm³/mol. The summed E-state index contributed by atoms with van der Waals surface area (Å²) >= 11 is 0. The van der Waals surface area contributed by atoms with Crippen LogP contribution in [0.4, 0.5) is 0 Å². The molecule has 1 fully saturated rings. The van der Waals surface area contributed by atoms with Gasteiger partial charge in [-0.05, 0) is 81.7 Å². The molecule has 3 aromatic heterocycles. The molecule has 1 radical (unpaired) electrons. The Kier molecular flexibility index (Phi) is 13.0. The van der Waals surface area contributed by atoms with Gasteiger partial charge < -0.3 is 14.4 Å². The van der Waals surface area contributed by atoms with Gasteiger partial charge in [-0.2, -0.15) is 0 Å². The van der Waals surface area contributed by atoms with E-state index in [0.717, 1.165) is 68.8 Å². The Morgan fingerprint density at radius 1 is 0.690 bits per heavy atom. The summed E-state index contributed by atoms with van der Waals surface area (Å²) in [7, 11) is -1.34. The molecule has 0 N–H and O–H groups in total. The molecule has 295 valence electrons. The minimum Gasteiger partial charge on any atom is -0.501 e. The third-order valence-electron chi connectivity index (χ3n) is 11.2. The minimum absolute atomic E-state index is 0. The van der Waals surface area contributed by atoms with E-state index in [1.165, 1.54) is 58.7 Å². The summed E-state index contributed by atoms with van der Waals surface area (Å²) in [5.74, 6) is 1.47. The second kappa shape index (κ2) is 18.3. The van der Waals surface area contributed by atoms with Crippen LogP contribution >= 0.6 is 0 Å². The number of hydrogen-bond donors (Lipinski definition) is 0. The fourth-order valence-corrected chi connectivity index (χ4v) is 9.98. The van der Waals surface area contributed by atoms with Crippen molar-refractivity contribution in [1.29, 1.82) is 0 Å². The van der Waals surface area contributed by atoms with Gasteiger partial charge in [0.05, 0.1) is 13.7 Å². The van der Waals surface area contributed by atoms with Gasteiger partial charge in [0.15, 0.2) is 0 Å². The van der Waals surface area contributed by atoms with Gasteiger partial charge in [0.2, 0.25) is 0 Å². The number of aromatic nitrogens is 2. The van der Waals surface area contributed by atoms with Gasteiger partial charge >= 0.3 is 0 Å². The van der Waals surface area contributed by atoms with Crippen molar-refractivity contribution in [3.8, 4) is 44.8 Å². The van der Waals surface area contributed by atoms with E-state index in [0.29, 0.717) is 5.92 Å². The summed E-state index contributed by atoms with van der Waals surface area (Å²) in [4.78, 5) is 9.40. The Morgan fingerprint density at radius 2 is 1.43 bits per heavy atom. The van der Waals surface area contributed by atoms with E-state index in [1.54, 1.807) is 0 Å². The average molecular weight is 953 g/mol. The van der Waals surface area contributed by atoms with Crippen LogP contribution in [-0.2, 0) is 32.9 Å². The summed E-state index contributed by atoms with van der Waals surface area (Å²) in [6.45, 7) is 11.7. The summed E-state index contributed by atoms with van der Waals surface area (Å²) in [6, 6.07) is 51.3. The van der Waals surface area contributed by atoms with Gasteiger partial charge in [0.25, 0.3) is 0 Å². The third-order valence-corrected chi connectivity index (χ3v) is 13.3. The molecule has 5 aromatic carbocycles. The molecule has 8 aromatic rings. The number of pyridine rings is 2. The smallest absolute Gasteiger partial charge is 0.121 e. The van der Waals surface area contributed by atoms with Crippen LogP contribution in [0.3, 0.4) is 0 Å². The molecule has 1 saturated carbocycles. The Bertz CT molecular complexity index is 2600. The molecule has 0 unspecified atom stereocenters. The fourth-order valence-electron chi connectivity index (χ4n) is 8.39. The van der Waals surface area contributed by atoms with E-state index in [9.17, 15) is 0 Å². The van der Waals surface area contributed by atoms with Crippen molar-refractivity contribution >= 4 is 35.2 Å². The summed E-state index contributed by atoms with van der Waals surface area (Å²) < 4.78 is 6.52. The van der Waals surface area contributed by atoms with Crippen LogP contribution in [0.1, 0.15) is 50.7 Å². The van der Waals surface area contributed by atoms with Crippen molar-refractivity contribution in [2.45, 2.75) is 72.0 Å². The number of rotatable bonds is 9. The molecule has 0 amide bonds. The molecular weight excluding hydrogens is 901 g/mol. The molecule has 0 spiro atoms. The van der Waals surface area contributed by atoms with Crippen LogP contribution in [0.2, 0.25) is 19.6 Å². The van der Waals surface area contributed by atoms with Crippen molar-refractivity contribution in [2.24, 2.45) is 11.8 Å². The number of nitrogens with zero attached hydrogens (tertiary/aromatic N) is 2. The molecule has 3 nitrogen and oxygen atoms in total. The zero-order valence-corrected chi connectivity index (χ0v) is 37.7. The van der Waals surface area contributed by atoms with Crippen LogP contribution in [0.25, 0.3) is 66.7 Å². The van der Waals surface area contributed by atoms with Crippen molar-refractivity contribution in [1.82, 2.24) is 9.97 Å². The van der Waals surface area contributed by atoms with E-state index in [2.05, 4.69) is 160 Å². The zero-order chi connectivity index (χ0) is 39.4. The largest absolute Gasteiger partial charge is 0.501 e. The fraction of sp³-hybridized carbons (Fsp3) is 0.245. The first-order valence-corrected chi connectivity index (χ1v) is 24.1. The molecule has 3 heterocycles. The van der Waals surface area contributed by atoms with E-state index in [4.69, 9.17) is 9.40 Å². The first-order chi connectivity index (χ1) is 27.7. The van der Waals surface area contributed by atoms with Crippen LogP contribution in [0.15, 0.2) is 144 Å². The van der Waals surface area contributed by atoms with Crippen LogP contribution in [0.5, 0.6) is 0 Å². The topological polar surface area (TPSA) is 38.9 Å². The number of benzene rings is 5. The molecule has 0 aliphatic heterocycles. The van der Waals surface area contributed by atoms with Gasteiger partial charge in [-0.1, -0.05) is 154 Å². The van der Waals surface area contributed by atoms with Crippen LogP contribution in [0, 0.1) is 24.0 Å². The van der Waals surface area contributed by atoms with Crippen molar-refractivity contribution in [3.05, 3.63) is 163 Å². The maximum absolute atomic E-state index is 6.52. The number of hydrogen-bond acceptors (Lipinski definition) is 3. The number of furan rings is 1. The normalized spacial score (nSPS) is 13.1. The molecule has 58 heavy (non-hydrogen) atoms. The molecule has 0 saturated heterocycles. The molecule has 5 heteroatoms. The predicted octanol–water partition coefficient (Wildman–Crippen LogP) is 13.8. The first-order valence-electron chi connectivity index (χ1n) is 20.6. The molecule has 9 rings (SSSR count). The molecule has 0 bridgehead atoms. The Labute approximate surface area is 359 Å². The van der Waals surface area contributed by atoms with Crippen LogP contribution < -0.4 is 5.19 Å². The number of fused-ring (bicyclic) bond motifs is 3.